The number of amides is 1. The van der Waals surface area contributed by atoms with Crippen LogP contribution in [0.3, 0.4) is 0 Å². The Kier molecular flexibility index (Phi) is 8.18. The highest BCUT2D eigenvalue weighted by Crippen LogP contribution is 2.18. The van der Waals surface area contributed by atoms with Gasteiger partial charge in [0.15, 0.2) is 0 Å². The Morgan fingerprint density at radius 2 is 1.78 bits per heavy atom. The number of likely N-dealkylation sites (tertiary alicyclic amines) is 1. The van der Waals surface area contributed by atoms with Crippen LogP contribution in [0.25, 0.3) is 0 Å². The van der Waals surface area contributed by atoms with Crippen LogP contribution in [0.2, 0.25) is 0 Å². The van der Waals surface area contributed by atoms with Crippen LogP contribution in [0, 0.1) is 0 Å². The van der Waals surface area contributed by atoms with Gasteiger partial charge in [0.25, 0.3) is 5.91 Å². The molecular formula is C18H29N3O5S. The van der Waals surface area contributed by atoms with E-state index in [0.717, 1.165) is 12.8 Å². The van der Waals surface area contributed by atoms with E-state index >= 15 is 0 Å². The van der Waals surface area contributed by atoms with Gasteiger partial charge in [-0.2, -0.15) is 4.31 Å². The molecule has 0 aromatic heterocycles. The van der Waals surface area contributed by atoms with E-state index in [1.807, 2.05) is 0 Å². The minimum atomic E-state index is -3.69. The van der Waals surface area contributed by atoms with Crippen molar-refractivity contribution in [3.05, 3.63) is 29.8 Å². The first kappa shape index (κ1) is 21.8. The van der Waals surface area contributed by atoms with Crippen LogP contribution in [0.4, 0.5) is 0 Å². The molecule has 0 radical (unpaired) electrons. The van der Waals surface area contributed by atoms with Crippen LogP contribution in [-0.4, -0.2) is 83.2 Å². The average molecular weight is 400 g/mol. The Morgan fingerprint density at radius 1 is 1.19 bits per heavy atom. The summed E-state index contributed by atoms with van der Waals surface area (Å²) in [6.07, 6.45) is 1.80. The van der Waals surface area contributed by atoms with Crippen molar-refractivity contribution in [1.82, 2.24) is 9.21 Å². The minimum absolute atomic E-state index is 0.00233. The maximum absolute atomic E-state index is 12.9. The number of nitrogens with two attached hydrogens (primary N) is 1. The van der Waals surface area contributed by atoms with Crippen molar-refractivity contribution in [1.29, 1.82) is 0 Å². The van der Waals surface area contributed by atoms with Crippen molar-refractivity contribution >= 4 is 15.9 Å². The number of hydrogen-bond acceptors (Lipinski definition) is 6. The Morgan fingerprint density at radius 3 is 2.30 bits per heavy atom. The molecule has 1 fully saturated rings. The second kappa shape index (κ2) is 10.1. The number of rotatable bonds is 9. The van der Waals surface area contributed by atoms with E-state index in [4.69, 9.17) is 15.2 Å². The summed E-state index contributed by atoms with van der Waals surface area (Å²) in [5.41, 5.74) is 6.40. The average Bonchev–Trinajstić information content (AvgIpc) is 2.67. The molecule has 0 aliphatic carbocycles. The molecule has 1 aromatic rings. The number of ether oxygens (including phenoxy) is 2. The first-order chi connectivity index (χ1) is 12.9. The van der Waals surface area contributed by atoms with Gasteiger partial charge < -0.3 is 20.1 Å². The molecule has 27 heavy (non-hydrogen) atoms. The van der Waals surface area contributed by atoms with Crippen LogP contribution >= 0.6 is 0 Å². The summed E-state index contributed by atoms with van der Waals surface area (Å²) in [7, 11) is -0.650. The summed E-state index contributed by atoms with van der Waals surface area (Å²) in [5, 5.41) is 0. The molecule has 0 saturated carbocycles. The molecule has 2 rings (SSSR count). The molecule has 0 bridgehead atoms. The summed E-state index contributed by atoms with van der Waals surface area (Å²) < 4.78 is 37.1. The fraction of sp³-hybridized carbons (Fsp3) is 0.611. The van der Waals surface area contributed by atoms with Crippen LogP contribution in [0.15, 0.2) is 29.2 Å². The largest absolute Gasteiger partial charge is 0.383 e. The van der Waals surface area contributed by atoms with Crippen molar-refractivity contribution in [3.63, 3.8) is 0 Å². The Labute approximate surface area is 161 Å². The van der Waals surface area contributed by atoms with Gasteiger partial charge in [-0.05, 0) is 37.1 Å². The number of benzene rings is 1. The van der Waals surface area contributed by atoms with Crippen LogP contribution in [0.5, 0.6) is 0 Å². The fourth-order valence-electron chi connectivity index (χ4n) is 3.03. The highest BCUT2D eigenvalue weighted by molar-refractivity contribution is 7.89. The zero-order valence-electron chi connectivity index (χ0n) is 16.0. The molecule has 9 heteroatoms. The summed E-state index contributed by atoms with van der Waals surface area (Å²) in [6, 6.07) is 6.05. The van der Waals surface area contributed by atoms with Gasteiger partial charge in [0.2, 0.25) is 10.0 Å². The van der Waals surface area contributed by atoms with Crippen LogP contribution in [-0.2, 0) is 19.5 Å². The minimum Gasteiger partial charge on any atom is -0.383 e. The van der Waals surface area contributed by atoms with Crippen molar-refractivity contribution in [2.45, 2.75) is 23.8 Å². The van der Waals surface area contributed by atoms with Crippen molar-refractivity contribution in [2.75, 3.05) is 53.6 Å². The summed E-state index contributed by atoms with van der Waals surface area (Å²) >= 11 is 0. The van der Waals surface area contributed by atoms with Gasteiger partial charge in [-0.25, -0.2) is 8.42 Å². The lowest BCUT2D eigenvalue weighted by molar-refractivity contribution is 0.0708. The highest BCUT2D eigenvalue weighted by atomic mass is 32.2. The fourth-order valence-corrected chi connectivity index (χ4v) is 4.44. The number of hydrogen-bond donors (Lipinski definition) is 1. The van der Waals surface area contributed by atoms with Gasteiger partial charge in [0.1, 0.15) is 0 Å². The van der Waals surface area contributed by atoms with Gasteiger partial charge in [-0.3, -0.25) is 4.79 Å². The molecule has 1 aliphatic rings. The third-order valence-corrected chi connectivity index (χ3v) is 6.49. The predicted octanol–water partition coefficient (Wildman–Crippen LogP) is 0.533. The van der Waals surface area contributed by atoms with E-state index < -0.39 is 10.0 Å². The maximum Gasteiger partial charge on any atom is 0.253 e. The number of carbonyl (C=O) groups is 1. The molecule has 1 saturated heterocycles. The maximum atomic E-state index is 12.9. The molecule has 152 valence electrons. The van der Waals surface area contributed by atoms with Gasteiger partial charge in [-0.15, -0.1) is 0 Å². The number of methoxy groups -OCH3 is 2. The summed E-state index contributed by atoms with van der Waals surface area (Å²) in [4.78, 5) is 14.5. The number of carbonyl (C=O) groups excluding carboxylic acids is 1. The molecule has 1 heterocycles. The van der Waals surface area contributed by atoms with E-state index in [9.17, 15) is 13.2 Å². The summed E-state index contributed by atoms with van der Waals surface area (Å²) in [6.45, 7) is 2.24. The highest BCUT2D eigenvalue weighted by Gasteiger charge is 2.26. The third-order valence-electron chi connectivity index (χ3n) is 4.57. The smallest absolute Gasteiger partial charge is 0.253 e. The monoisotopic (exact) mass is 399 g/mol. The molecule has 1 amide bonds. The molecule has 1 aromatic carbocycles. The second-order valence-corrected chi connectivity index (χ2v) is 8.51. The lowest BCUT2D eigenvalue weighted by Gasteiger charge is -2.30. The van der Waals surface area contributed by atoms with Crippen LogP contribution < -0.4 is 5.73 Å². The van der Waals surface area contributed by atoms with E-state index in [1.165, 1.54) is 30.7 Å². The van der Waals surface area contributed by atoms with Crippen molar-refractivity contribution < 1.29 is 22.7 Å². The molecular weight excluding hydrogens is 370 g/mol. The van der Waals surface area contributed by atoms with Gasteiger partial charge >= 0.3 is 0 Å². The zero-order chi connectivity index (χ0) is 19.9. The molecule has 0 spiro atoms. The predicted molar refractivity (Wildman–Crippen MR) is 102 cm³/mol. The quantitative estimate of drug-likeness (QED) is 0.650. The third kappa shape index (κ3) is 5.73. The molecule has 1 unspecified atom stereocenters. The molecule has 2 N–H and O–H groups in total. The Bertz CT molecular complexity index is 700. The standard InChI is InChI=1S/C18H29N3O5S/c1-25-12-10-21(11-13-26-2)27(23,24)17-7-5-15(6-8-17)18(22)20-9-3-4-16(19)14-20/h5-8,16H,3-4,9-14,19H2,1-2H3. The topological polar surface area (TPSA) is 102 Å². The molecule has 1 atom stereocenters. The van der Waals surface area contributed by atoms with E-state index in [1.54, 1.807) is 17.0 Å². The number of nitrogens with zero attached hydrogens (tertiary/aromatic N) is 2. The molecule has 1 aliphatic heterocycles. The first-order valence-electron chi connectivity index (χ1n) is 9.03. The normalized spacial score (nSPS) is 18.1. The molecule has 8 nitrogen and oxygen atoms in total. The van der Waals surface area contributed by atoms with Gasteiger partial charge in [0, 0.05) is 52.0 Å². The van der Waals surface area contributed by atoms with E-state index in [-0.39, 0.29) is 43.1 Å². The van der Waals surface area contributed by atoms with Crippen molar-refractivity contribution in [3.8, 4) is 0 Å². The lowest BCUT2D eigenvalue weighted by Crippen LogP contribution is -2.45. The van der Waals surface area contributed by atoms with Crippen LogP contribution in [0.1, 0.15) is 23.2 Å². The van der Waals surface area contributed by atoms with Gasteiger partial charge in [-0.1, -0.05) is 0 Å². The Balaban J connectivity index is 2.14. The first-order valence-corrected chi connectivity index (χ1v) is 10.5. The number of piperidine rings is 1. The van der Waals surface area contributed by atoms with E-state index in [2.05, 4.69) is 0 Å². The van der Waals surface area contributed by atoms with Gasteiger partial charge in [0.05, 0.1) is 18.1 Å². The number of sulfonamides is 1. The zero-order valence-corrected chi connectivity index (χ0v) is 16.8. The van der Waals surface area contributed by atoms with E-state index in [0.29, 0.717) is 18.7 Å². The summed E-state index contributed by atoms with van der Waals surface area (Å²) in [5.74, 6) is -0.121. The second-order valence-electron chi connectivity index (χ2n) is 6.57. The lowest BCUT2D eigenvalue weighted by atomic mass is 10.1. The van der Waals surface area contributed by atoms with Crippen molar-refractivity contribution in [2.24, 2.45) is 5.73 Å². The SMILES string of the molecule is COCCN(CCOC)S(=O)(=O)c1ccc(C(=O)N2CCCC(N)C2)cc1. The Hall–Kier alpha value is -1.52.